The van der Waals surface area contributed by atoms with Crippen LogP contribution in [0.15, 0.2) is 12.1 Å². The third-order valence-electron chi connectivity index (χ3n) is 2.97. The van der Waals surface area contributed by atoms with Crippen LogP contribution in [0.3, 0.4) is 0 Å². The van der Waals surface area contributed by atoms with Gasteiger partial charge in [0, 0.05) is 13.1 Å². The van der Waals surface area contributed by atoms with Gasteiger partial charge < -0.3 is 10.6 Å². The van der Waals surface area contributed by atoms with Gasteiger partial charge in [0.2, 0.25) is 0 Å². The lowest BCUT2D eigenvalue weighted by Crippen LogP contribution is -2.23. The van der Waals surface area contributed by atoms with Gasteiger partial charge in [-0.1, -0.05) is 0 Å². The van der Waals surface area contributed by atoms with E-state index in [2.05, 4.69) is 0 Å². The van der Waals surface area contributed by atoms with Crippen LogP contribution in [0.25, 0.3) is 0 Å². The summed E-state index contributed by atoms with van der Waals surface area (Å²) in [5, 5.41) is 0. The molecule has 0 aromatic heterocycles. The number of nitrogens with two attached hydrogens (primary N) is 1. The number of hydrogen-bond donors (Lipinski definition) is 1. The fourth-order valence-corrected chi connectivity index (χ4v) is 2.00. The van der Waals surface area contributed by atoms with E-state index in [-0.39, 0.29) is 5.69 Å². The van der Waals surface area contributed by atoms with Gasteiger partial charge in [-0.15, -0.1) is 0 Å². The Hall–Kier alpha value is -1.23. The molecule has 0 amide bonds. The van der Waals surface area contributed by atoms with Crippen molar-refractivity contribution in [3.05, 3.63) is 29.6 Å². The lowest BCUT2D eigenvalue weighted by atomic mass is 10.1. The fourth-order valence-electron chi connectivity index (χ4n) is 2.00. The van der Waals surface area contributed by atoms with Crippen LogP contribution in [-0.2, 0) is 0 Å². The molecule has 2 N–H and O–H groups in total. The number of rotatable bonds is 2. The van der Waals surface area contributed by atoms with E-state index in [1.54, 1.807) is 4.90 Å². The van der Waals surface area contributed by atoms with Crippen molar-refractivity contribution >= 4 is 5.69 Å². The van der Waals surface area contributed by atoms with Crippen molar-refractivity contribution in [1.29, 1.82) is 0 Å². The molecule has 0 spiro atoms. The van der Waals surface area contributed by atoms with E-state index < -0.39 is 17.5 Å². The van der Waals surface area contributed by atoms with Crippen molar-refractivity contribution in [1.82, 2.24) is 0 Å². The number of halogens is 3. The zero-order valence-electron chi connectivity index (χ0n) is 8.72. The molecule has 1 aliphatic rings. The predicted octanol–water partition coefficient (Wildman–Crippen LogP) is 1.89. The van der Waals surface area contributed by atoms with Crippen LogP contribution in [0, 0.1) is 23.4 Å². The first-order valence-corrected chi connectivity index (χ1v) is 5.22. The highest BCUT2D eigenvalue weighted by Crippen LogP contribution is 2.28. The minimum absolute atomic E-state index is 0.120. The summed E-state index contributed by atoms with van der Waals surface area (Å²) in [6.45, 7) is 1.75. The van der Waals surface area contributed by atoms with E-state index >= 15 is 0 Å². The standard InChI is InChI=1S/C11H13F3N2/c12-8-1-2-9(11(14)10(8)13)16-4-3-7(5-15)6-16/h1-2,7H,3-6,15H2. The van der Waals surface area contributed by atoms with Gasteiger partial charge in [-0.2, -0.15) is 0 Å². The summed E-state index contributed by atoms with van der Waals surface area (Å²) in [6, 6.07) is 2.22. The van der Waals surface area contributed by atoms with Gasteiger partial charge in [-0.25, -0.2) is 13.2 Å². The van der Waals surface area contributed by atoms with Gasteiger partial charge in [-0.05, 0) is 31.0 Å². The number of benzene rings is 1. The number of hydrogen-bond acceptors (Lipinski definition) is 2. The Morgan fingerprint density at radius 3 is 2.62 bits per heavy atom. The zero-order chi connectivity index (χ0) is 11.7. The lowest BCUT2D eigenvalue weighted by Gasteiger charge is -2.19. The highest BCUT2D eigenvalue weighted by atomic mass is 19.2. The van der Waals surface area contributed by atoms with E-state index in [0.29, 0.717) is 25.6 Å². The van der Waals surface area contributed by atoms with E-state index in [0.717, 1.165) is 12.5 Å². The smallest absolute Gasteiger partial charge is 0.196 e. The second-order valence-electron chi connectivity index (χ2n) is 4.03. The third kappa shape index (κ3) is 1.87. The van der Waals surface area contributed by atoms with Crippen molar-refractivity contribution in [2.45, 2.75) is 6.42 Å². The Bertz CT molecular complexity index is 395. The third-order valence-corrected chi connectivity index (χ3v) is 2.97. The van der Waals surface area contributed by atoms with Crippen molar-refractivity contribution < 1.29 is 13.2 Å². The molecule has 88 valence electrons. The molecule has 2 nitrogen and oxygen atoms in total. The maximum absolute atomic E-state index is 13.5. The second kappa shape index (κ2) is 4.33. The molecule has 1 aromatic rings. The zero-order valence-corrected chi connectivity index (χ0v) is 8.72. The summed E-state index contributed by atoms with van der Waals surface area (Å²) < 4.78 is 39.2. The van der Waals surface area contributed by atoms with Crippen LogP contribution < -0.4 is 10.6 Å². The average molecular weight is 230 g/mol. The largest absolute Gasteiger partial charge is 0.369 e. The van der Waals surface area contributed by atoms with Crippen molar-refractivity contribution in [2.75, 3.05) is 24.5 Å². The van der Waals surface area contributed by atoms with Crippen molar-refractivity contribution in [3.63, 3.8) is 0 Å². The molecule has 0 aliphatic carbocycles. The normalized spacial score (nSPS) is 20.5. The molecule has 1 fully saturated rings. The maximum atomic E-state index is 13.5. The van der Waals surface area contributed by atoms with Crippen LogP contribution >= 0.6 is 0 Å². The molecule has 1 aromatic carbocycles. The van der Waals surface area contributed by atoms with Gasteiger partial charge in [-0.3, -0.25) is 0 Å². The maximum Gasteiger partial charge on any atom is 0.196 e. The lowest BCUT2D eigenvalue weighted by molar-refractivity contribution is 0.447. The molecular formula is C11H13F3N2. The fraction of sp³-hybridized carbons (Fsp3) is 0.455. The summed E-state index contributed by atoms with van der Waals surface area (Å²) in [7, 11) is 0. The number of anilines is 1. The molecule has 0 radical (unpaired) electrons. The van der Waals surface area contributed by atoms with Crippen LogP contribution in [0.4, 0.5) is 18.9 Å². The topological polar surface area (TPSA) is 29.3 Å². The van der Waals surface area contributed by atoms with Crippen LogP contribution in [-0.4, -0.2) is 19.6 Å². The monoisotopic (exact) mass is 230 g/mol. The number of nitrogens with zero attached hydrogens (tertiary/aromatic N) is 1. The summed E-state index contributed by atoms with van der Waals surface area (Å²) >= 11 is 0. The Morgan fingerprint density at radius 2 is 2.00 bits per heavy atom. The molecule has 5 heteroatoms. The summed E-state index contributed by atoms with van der Waals surface area (Å²) in [5.74, 6) is -3.38. The molecular weight excluding hydrogens is 217 g/mol. The minimum Gasteiger partial charge on any atom is -0.369 e. The second-order valence-corrected chi connectivity index (χ2v) is 4.03. The molecule has 1 aliphatic heterocycles. The van der Waals surface area contributed by atoms with E-state index in [1.165, 1.54) is 6.07 Å². The Morgan fingerprint density at radius 1 is 1.25 bits per heavy atom. The highest BCUT2D eigenvalue weighted by Gasteiger charge is 2.25. The highest BCUT2D eigenvalue weighted by molar-refractivity contribution is 5.49. The Balaban J connectivity index is 2.25. The molecule has 1 unspecified atom stereocenters. The van der Waals surface area contributed by atoms with Crippen LogP contribution in [0.5, 0.6) is 0 Å². The molecule has 16 heavy (non-hydrogen) atoms. The SMILES string of the molecule is NCC1CCN(c2ccc(F)c(F)c2F)C1. The first-order chi connectivity index (χ1) is 7.63. The summed E-state index contributed by atoms with van der Waals surface area (Å²) in [5.41, 5.74) is 5.63. The Labute approximate surface area is 91.8 Å². The van der Waals surface area contributed by atoms with Gasteiger partial charge >= 0.3 is 0 Å². The first-order valence-electron chi connectivity index (χ1n) is 5.22. The molecule has 1 heterocycles. The van der Waals surface area contributed by atoms with Crippen LogP contribution in [0.1, 0.15) is 6.42 Å². The van der Waals surface area contributed by atoms with E-state index in [4.69, 9.17) is 5.73 Å². The van der Waals surface area contributed by atoms with E-state index in [9.17, 15) is 13.2 Å². The van der Waals surface area contributed by atoms with E-state index in [1.807, 2.05) is 0 Å². The van der Waals surface area contributed by atoms with Gasteiger partial charge in [0.15, 0.2) is 17.5 Å². The molecule has 1 saturated heterocycles. The quantitative estimate of drug-likeness (QED) is 0.786. The van der Waals surface area contributed by atoms with Gasteiger partial charge in [0.1, 0.15) is 0 Å². The Kier molecular flexibility index (Phi) is 3.05. The van der Waals surface area contributed by atoms with Gasteiger partial charge in [0.25, 0.3) is 0 Å². The molecule has 0 bridgehead atoms. The molecule has 0 saturated carbocycles. The van der Waals surface area contributed by atoms with Gasteiger partial charge in [0.05, 0.1) is 5.69 Å². The molecule has 2 rings (SSSR count). The van der Waals surface area contributed by atoms with Crippen molar-refractivity contribution in [3.8, 4) is 0 Å². The average Bonchev–Trinajstić information content (AvgIpc) is 2.74. The summed E-state index contributed by atoms with van der Waals surface area (Å²) in [6.07, 6.45) is 0.856. The van der Waals surface area contributed by atoms with Crippen molar-refractivity contribution in [2.24, 2.45) is 11.7 Å². The summed E-state index contributed by atoms with van der Waals surface area (Å²) in [4.78, 5) is 1.70. The molecule has 1 atom stereocenters. The first kappa shape index (κ1) is 11.3. The minimum atomic E-state index is -1.41. The van der Waals surface area contributed by atoms with Crippen LogP contribution in [0.2, 0.25) is 0 Å². The predicted molar refractivity (Wildman–Crippen MR) is 55.7 cm³/mol.